The molecule has 0 aliphatic carbocycles. The number of azo groups is 1. The van der Waals surface area contributed by atoms with Crippen molar-refractivity contribution in [3.63, 3.8) is 0 Å². The summed E-state index contributed by atoms with van der Waals surface area (Å²) in [5, 5.41) is 43.7. The molecular formula is C17H18N12O2. The molecule has 0 radical (unpaired) electrons. The molecule has 158 valence electrons. The number of hydrogen-bond acceptors (Lipinski definition) is 10. The Labute approximate surface area is 175 Å². The minimum atomic E-state index is -0.704. The van der Waals surface area contributed by atoms with Crippen molar-refractivity contribution in [1.29, 1.82) is 0 Å². The molecule has 0 amide bonds. The van der Waals surface area contributed by atoms with Crippen molar-refractivity contribution in [2.45, 2.75) is 40.0 Å². The molecule has 4 aromatic rings. The first-order valence-electron chi connectivity index (χ1n) is 9.07. The van der Waals surface area contributed by atoms with Crippen LogP contribution in [-0.4, -0.2) is 54.8 Å². The van der Waals surface area contributed by atoms with Gasteiger partial charge >= 0.3 is 12.0 Å². The highest BCUT2D eigenvalue weighted by Crippen LogP contribution is 2.38. The van der Waals surface area contributed by atoms with Crippen molar-refractivity contribution in [3.8, 4) is 18.0 Å². The van der Waals surface area contributed by atoms with Gasteiger partial charge < -0.3 is 10.2 Å². The number of hydrogen-bond donors (Lipinski definition) is 3. The number of aromatic nitrogens is 9. The Kier molecular flexibility index (Phi) is 4.38. The van der Waals surface area contributed by atoms with E-state index >= 15 is 0 Å². The fraction of sp³-hybridized carbons (Fsp3) is 0.353. The van der Waals surface area contributed by atoms with Gasteiger partial charge in [-0.15, -0.1) is 15.2 Å². The van der Waals surface area contributed by atoms with E-state index in [0.717, 1.165) is 4.68 Å². The van der Waals surface area contributed by atoms with Crippen LogP contribution in [0.5, 0.6) is 12.0 Å². The Morgan fingerprint density at radius 3 is 2.32 bits per heavy atom. The van der Waals surface area contributed by atoms with Gasteiger partial charge in [0.2, 0.25) is 0 Å². The van der Waals surface area contributed by atoms with Crippen LogP contribution in [0.1, 0.15) is 38.0 Å². The lowest BCUT2D eigenvalue weighted by Crippen LogP contribution is -2.12. The summed E-state index contributed by atoms with van der Waals surface area (Å²) in [5.74, 6) is 0.458. The van der Waals surface area contributed by atoms with Crippen LogP contribution in [0, 0.1) is 20.4 Å². The molecule has 4 heterocycles. The zero-order chi connectivity index (χ0) is 22.5. The summed E-state index contributed by atoms with van der Waals surface area (Å²) >= 11 is 0. The summed E-state index contributed by atoms with van der Waals surface area (Å²) in [5.41, 5.74) is 1.79. The van der Waals surface area contributed by atoms with E-state index in [9.17, 15) is 10.2 Å². The van der Waals surface area contributed by atoms with Crippen LogP contribution in [0.2, 0.25) is 0 Å². The molecule has 0 fully saturated rings. The second-order valence-electron chi connectivity index (χ2n) is 7.70. The molecule has 4 rings (SSSR count). The molecule has 0 saturated carbocycles. The van der Waals surface area contributed by atoms with Crippen LogP contribution in [0.15, 0.2) is 10.2 Å². The topological polar surface area (TPSA) is 172 Å². The number of nitrogens with one attached hydrogen (secondary N) is 1. The lowest BCUT2D eigenvalue weighted by molar-refractivity contribution is 0.379. The normalized spacial score (nSPS) is 12.1. The SMILES string of the molecule is [C-]#[N+]c1c(C)nn(-c2nc(O)nc(O)n2)c1/N=N/c1c(C(C)(C)C)nn2c(C)n[nH]c12. The number of H-pyrrole nitrogens is 1. The van der Waals surface area contributed by atoms with Gasteiger partial charge in [0, 0.05) is 5.41 Å². The van der Waals surface area contributed by atoms with Crippen molar-refractivity contribution in [3.05, 3.63) is 28.6 Å². The van der Waals surface area contributed by atoms with E-state index in [1.165, 1.54) is 0 Å². The molecular weight excluding hydrogens is 404 g/mol. The van der Waals surface area contributed by atoms with E-state index in [-0.39, 0.29) is 22.9 Å². The van der Waals surface area contributed by atoms with Crippen LogP contribution in [0.25, 0.3) is 16.4 Å². The average Bonchev–Trinajstić information content (AvgIpc) is 3.31. The smallest absolute Gasteiger partial charge is 0.321 e. The fourth-order valence-corrected chi connectivity index (χ4v) is 2.93. The molecule has 0 aromatic carbocycles. The molecule has 4 aromatic heterocycles. The highest BCUT2D eigenvalue weighted by molar-refractivity contribution is 5.70. The standard InChI is InChI=1S/C17H18N12O2/c1-7-9(18-6)12(29(26-7)14-19-15(30)21-16(31)20-14)25-23-10-11(17(3,4)5)27-28-8(2)22-24-13(10)28/h24H,1-5H3,(H2,19,20,21,30,31)/b25-23+. The fourth-order valence-electron chi connectivity index (χ4n) is 2.93. The monoisotopic (exact) mass is 422 g/mol. The predicted molar refractivity (Wildman–Crippen MR) is 106 cm³/mol. The van der Waals surface area contributed by atoms with Gasteiger partial charge in [-0.25, -0.2) is 4.85 Å². The molecule has 0 atom stereocenters. The second kappa shape index (κ2) is 6.83. The minimum Gasteiger partial charge on any atom is -0.479 e. The molecule has 14 nitrogen and oxygen atoms in total. The Balaban J connectivity index is 1.92. The van der Waals surface area contributed by atoms with E-state index in [0.29, 0.717) is 28.5 Å². The quantitative estimate of drug-likeness (QED) is 0.334. The van der Waals surface area contributed by atoms with Gasteiger partial charge in [-0.2, -0.15) is 34.5 Å². The van der Waals surface area contributed by atoms with Gasteiger partial charge in [0.25, 0.3) is 11.6 Å². The van der Waals surface area contributed by atoms with E-state index in [1.54, 1.807) is 18.4 Å². The summed E-state index contributed by atoms with van der Waals surface area (Å²) < 4.78 is 2.73. The van der Waals surface area contributed by atoms with Crippen molar-refractivity contribution >= 4 is 22.8 Å². The Hall–Kier alpha value is -4.41. The first-order valence-corrected chi connectivity index (χ1v) is 9.07. The summed E-state index contributed by atoms with van der Waals surface area (Å²) in [6.45, 7) is 16.9. The van der Waals surface area contributed by atoms with Crippen molar-refractivity contribution in [1.82, 2.24) is 44.5 Å². The molecule has 14 heteroatoms. The van der Waals surface area contributed by atoms with Gasteiger partial charge in [0.05, 0.1) is 18.0 Å². The number of nitrogens with zero attached hydrogens (tertiary/aromatic N) is 11. The molecule has 0 saturated heterocycles. The van der Waals surface area contributed by atoms with Crippen molar-refractivity contribution < 1.29 is 10.2 Å². The molecule has 0 spiro atoms. The van der Waals surface area contributed by atoms with Crippen LogP contribution in [0.4, 0.5) is 17.2 Å². The van der Waals surface area contributed by atoms with E-state index in [1.807, 2.05) is 20.8 Å². The Morgan fingerprint density at radius 2 is 1.71 bits per heavy atom. The van der Waals surface area contributed by atoms with Gasteiger partial charge in [-0.05, 0) is 13.8 Å². The van der Waals surface area contributed by atoms with Crippen molar-refractivity contribution in [2.24, 2.45) is 10.2 Å². The number of rotatable bonds is 3. The number of fused-ring (bicyclic) bond motifs is 1. The highest BCUT2D eigenvalue weighted by atomic mass is 16.3. The van der Waals surface area contributed by atoms with E-state index in [2.05, 4.69) is 50.4 Å². The number of aromatic hydroxyl groups is 2. The van der Waals surface area contributed by atoms with Crippen molar-refractivity contribution in [2.75, 3.05) is 0 Å². The first kappa shape index (κ1) is 19.9. The maximum atomic E-state index is 9.61. The summed E-state index contributed by atoms with van der Waals surface area (Å²) in [6, 6.07) is -1.41. The lowest BCUT2D eigenvalue weighted by atomic mass is 9.91. The predicted octanol–water partition coefficient (Wildman–Crippen LogP) is 2.72. The summed E-state index contributed by atoms with van der Waals surface area (Å²) in [7, 11) is 0. The Morgan fingerprint density at radius 1 is 1.03 bits per heavy atom. The zero-order valence-electron chi connectivity index (χ0n) is 17.3. The molecule has 0 aliphatic rings. The van der Waals surface area contributed by atoms with Gasteiger partial charge in [-0.3, -0.25) is 5.10 Å². The molecule has 0 unspecified atom stereocenters. The van der Waals surface area contributed by atoms with E-state index < -0.39 is 12.0 Å². The minimum absolute atomic E-state index is 0.0212. The van der Waals surface area contributed by atoms with Crippen LogP contribution in [-0.2, 0) is 5.41 Å². The molecule has 3 N–H and O–H groups in total. The number of aryl methyl sites for hydroxylation is 2. The molecule has 31 heavy (non-hydrogen) atoms. The van der Waals surface area contributed by atoms with Gasteiger partial charge in [0.1, 0.15) is 5.82 Å². The third-order valence-corrected chi connectivity index (χ3v) is 4.35. The summed E-state index contributed by atoms with van der Waals surface area (Å²) in [6.07, 6.45) is 0. The Bertz CT molecular complexity index is 1360. The largest absolute Gasteiger partial charge is 0.479 e. The van der Waals surface area contributed by atoms with Gasteiger partial charge in [-0.1, -0.05) is 20.8 Å². The maximum Gasteiger partial charge on any atom is 0.321 e. The first-order chi connectivity index (χ1) is 14.6. The van der Waals surface area contributed by atoms with Crippen LogP contribution >= 0.6 is 0 Å². The molecule has 0 aliphatic heterocycles. The second-order valence-corrected chi connectivity index (χ2v) is 7.70. The average molecular weight is 422 g/mol. The molecule has 0 bridgehead atoms. The maximum absolute atomic E-state index is 9.61. The van der Waals surface area contributed by atoms with Crippen LogP contribution < -0.4 is 0 Å². The third-order valence-electron chi connectivity index (χ3n) is 4.35. The van der Waals surface area contributed by atoms with Crippen LogP contribution in [0.3, 0.4) is 0 Å². The summed E-state index contributed by atoms with van der Waals surface area (Å²) in [4.78, 5) is 14.3. The van der Waals surface area contributed by atoms with Gasteiger partial charge in [0.15, 0.2) is 17.2 Å². The zero-order valence-corrected chi connectivity index (χ0v) is 17.3. The number of aromatic amines is 1. The lowest BCUT2D eigenvalue weighted by Gasteiger charge is -2.15. The van der Waals surface area contributed by atoms with E-state index in [4.69, 9.17) is 6.57 Å². The third kappa shape index (κ3) is 3.31. The highest BCUT2D eigenvalue weighted by Gasteiger charge is 2.27.